The Morgan fingerprint density at radius 2 is 2.11 bits per heavy atom. The van der Waals surface area contributed by atoms with Gasteiger partial charge in [-0.15, -0.1) is 0 Å². The van der Waals surface area contributed by atoms with E-state index in [4.69, 9.17) is 10.5 Å². The van der Waals surface area contributed by atoms with E-state index in [1.165, 1.54) is 11.1 Å². The second kappa shape index (κ2) is 6.69. The highest BCUT2D eigenvalue weighted by Crippen LogP contribution is 2.23. The van der Waals surface area contributed by atoms with E-state index in [0.717, 1.165) is 26.1 Å². The van der Waals surface area contributed by atoms with Crippen molar-refractivity contribution in [3.8, 4) is 0 Å². The Morgan fingerprint density at radius 1 is 1.33 bits per heavy atom. The fraction of sp³-hybridized carbons (Fsp3) is 0.467. The lowest BCUT2D eigenvalue weighted by Gasteiger charge is -2.33. The molecule has 1 heterocycles. The Balaban J connectivity index is 2.03. The highest BCUT2D eigenvalue weighted by Gasteiger charge is 2.20. The maximum Gasteiger partial charge on any atom is 0.0673 e. The number of nitrogens with zero attached hydrogens (tertiary/aromatic N) is 1. The van der Waals surface area contributed by atoms with Gasteiger partial charge in [-0.05, 0) is 17.6 Å². The molecule has 0 bridgehead atoms. The van der Waals surface area contributed by atoms with Crippen molar-refractivity contribution in [3.63, 3.8) is 0 Å². The molecule has 3 heteroatoms. The molecule has 2 rings (SSSR count). The topological polar surface area (TPSA) is 38.5 Å². The van der Waals surface area contributed by atoms with Crippen molar-refractivity contribution >= 4 is 0 Å². The summed E-state index contributed by atoms with van der Waals surface area (Å²) in [5, 5.41) is 0. The largest absolute Gasteiger partial charge is 0.380 e. The molecule has 1 aromatic carbocycles. The summed E-state index contributed by atoms with van der Waals surface area (Å²) in [6.45, 7) is 3.45. The van der Waals surface area contributed by atoms with Gasteiger partial charge in [-0.25, -0.2) is 0 Å². The van der Waals surface area contributed by atoms with Crippen LogP contribution in [0.15, 0.2) is 42.0 Å². The van der Waals surface area contributed by atoms with E-state index in [1.807, 2.05) is 6.07 Å². The van der Waals surface area contributed by atoms with Gasteiger partial charge in [0.15, 0.2) is 0 Å². The maximum atomic E-state index is 5.94. The zero-order chi connectivity index (χ0) is 12.8. The molecule has 0 fully saturated rings. The summed E-state index contributed by atoms with van der Waals surface area (Å²) in [5.74, 6) is 0. The van der Waals surface area contributed by atoms with E-state index in [9.17, 15) is 0 Å². The van der Waals surface area contributed by atoms with Crippen LogP contribution in [0.1, 0.15) is 18.0 Å². The predicted octanol–water partition coefficient (Wildman–Crippen LogP) is 1.96. The van der Waals surface area contributed by atoms with Crippen LogP contribution in [0.5, 0.6) is 0 Å². The number of methoxy groups -OCH3 is 1. The van der Waals surface area contributed by atoms with E-state index in [2.05, 4.69) is 35.2 Å². The zero-order valence-electron chi connectivity index (χ0n) is 11.0. The van der Waals surface area contributed by atoms with Crippen molar-refractivity contribution in [1.29, 1.82) is 0 Å². The molecule has 0 saturated carbocycles. The van der Waals surface area contributed by atoms with Gasteiger partial charge in [-0.1, -0.05) is 36.4 Å². The number of hydrogen-bond acceptors (Lipinski definition) is 3. The first-order chi connectivity index (χ1) is 8.85. The molecule has 0 amide bonds. The number of hydrogen-bond donors (Lipinski definition) is 1. The van der Waals surface area contributed by atoms with Crippen molar-refractivity contribution < 1.29 is 4.74 Å². The van der Waals surface area contributed by atoms with E-state index >= 15 is 0 Å². The second-order valence-corrected chi connectivity index (χ2v) is 4.70. The fourth-order valence-electron chi connectivity index (χ4n) is 2.50. The van der Waals surface area contributed by atoms with Gasteiger partial charge in [-0.2, -0.15) is 0 Å². The summed E-state index contributed by atoms with van der Waals surface area (Å²) < 4.78 is 5.18. The molecule has 0 radical (unpaired) electrons. The minimum absolute atomic E-state index is 0.326. The number of nitrogens with two attached hydrogens (primary N) is 1. The lowest BCUT2D eigenvalue weighted by molar-refractivity contribution is 0.191. The molecule has 0 spiro atoms. The third kappa shape index (κ3) is 3.19. The molecule has 1 aliphatic heterocycles. The number of ether oxygens (including phenoxy) is 1. The highest BCUT2D eigenvalue weighted by molar-refractivity contribution is 5.20. The molecule has 18 heavy (non-hydrogen) atoms. The van der Waals surface area contributed by atoms with Crippen molar-refractivity contribution in [2.75, 3.05) is 33.4 Å². The monoisotopic (exact) mass is 246 g/mol. The minimum atomic E-state index is 0.326. The Hall–Kier alpha value is -1.16. The van der Waals surface area contributed by atoms with Gasteiger partial charge in [0.2, 0.25) is 0 Å². The molecular formula is C15H22N2O. The van der Waals surface area contributed by atoms with Crippen molar-refractivity contribution in [3.05, 3.63) is 47.5 Å². The summed E-state index contributed by atoms with van der Waals surface area (Å²) >= 11 is 0. The molecule has 0 aromatic heterocycles. The van der Waals surface area contributed by atoms with Gasteiger partial charge in [-0.3, -0.25) is 4.90 Å². The molecule has 0 saturated heterocycles. The molecule has 1 unspecified atom stereocenters. The molecular weight excluding hydrogens is 224 g/mol. The standard InChI is InChI=1S/C15H22N2O/c1-18-12-13-7-9-17(10-8-13)15(11-16)14-5-3-2-4-6-14/h2-7,15H,8-12,16H2,1H3. The van der Waals surface area contributed by atoms with Gasteiger partial charge in [0, 0.05) is 32.8 Å². The summed E-state index contributed by atoms with van der Waals surface area (Å²) in [6.07, 6.45) is 3.36. The number of rotatable bonds is 5. The SMILES string of the molecule is COCC1=CCN(C(CN)c2ccccc2)CC1. The molecule has 1 aromatic rings. The van der Waals surface area contributed by atoms with Crippen LogP contribution >= 0.6 is 0 Å². The van der Waals surface area contributed by atoms with Crippen LogP contribution in [0.3, 0.4) is 0 Å². The van der Waals surface area contributed by atoms with Gasteiger partial charge < -0.3 is 10.5 Å². The molecule has 1 atom stereocenters. The first-order valence-electron chi connectivity index (χ1n) is 6.51. The van der Waals surface area contributed by atoms with E-state index in [1.54, 1.807) is 7.11 Å². The van der Waals surface area contributed by atoms with Crippen LogP contribution < -0.4 is 5.73 Å². The van der Waals surface area contributed by atoms with Crippen LogP contribution in [-0.2, 0) is 4.74 Å². The first kappa shape index (κ1) is 13.3. The average Bonchev–Trinajstić information content (AvgIpc) is 2.43. The quantitative estimate of drug-likeness (QED) is 0.807. The Kier molecular flexibility index (Phi) is 4.93. The van der Waals surface area contributed by atoms with E-state index in [-0.39, 0.29) is 0 Å². The van der Waals surface area contributed by atoms with Gasteiger partial charge in [0.05, 0.1) is 6.61 Å². The lowest BCUT2D eigenvalue weighted by atomic mass is 10.0. The summed E-state index contributed by atoms with van der Waals surface area (Å²) in [7, 11) is 1.75. The molecule has 2 N–H and O–H groups in total. The lowest BCUT2D eigenvalue weighted by Crippen LogP contribution is -2.37. The van der Waals surface area contributed by atoms with Crippen molar-refractivity contribution in [2.45, 2.75) is 12.5 Å². The summed E-state index contributed by atoms with van der Waals surface area (Å²) in [6, 6.07) is 10.8. The highest BCUT2D eigenvalue weighted by atomic mass is 16.5. The van der Waals surface area contributed by atoms with Crippen molar-refractivity contribution in [2.24, 2.45) is 5.73 Å². The van der Waals surface area contributed by atoms with Gasteiger partial charge in [0.25, 0.3) is 0 Å². The number of benzene rings is 1. The van der Waals surface area contributed by atoms with Crippen LogP contribution in [0, 0.1) is 0 Å². The normalized spacial score (nSPS) is 18.4. The summed E-state index contributed by atoms with van der Waals surface area (Å²) in [5.41, 5.74) is 8.65. The smallest absolute Gasteiger partial charge is 0.0673 e. The molecule has 0 aliphatic carbocycles. The predicted molar refractivity (Wildman–Crippen MR) is 74.4 cm³/mol. The van der Waals surface area contributed by atoms with Gasteiger partial charge >= 0.3 is 0 Å². The summed E-state index contributed by atoms with van der Waals surface area (Å²) in [4.78, 5) is 2.44. The fourth-order valence-corrected chi connectivity index (χ4v) is 2.50. The average molecular weight is 246 g/mol. The van der Waals surface area contributed by atoms with Crippen LogP contribution in [0.25, 0.3) is 0 Å². The van der Waals surface area contributed by atoms with Gasteiger partial charge in [0.1, 0.15) is 0 Å². The van der Waals surface area contributed by atoms with E-state index in [0.29, 0.717) is 12.6 Å². The third-order valence-electron chi connectivity index (χ3n) is 3.51. The third-order valence-corrected chi connectivity index (χ3v) is 3.51. The Labute approximate surface area is 109 Å². The second-order valence-electron chi connectivity index (χ2n) is 4.70. The van der Waals surface area contributed by atoms with Crippen LogP contribution in [-0.4, -0.2) is 38.3 Å². The molecule has 3 nitrogen and oxygen atoms in total. The Morgan fingerprint density at radius 3 is 2.67 bits per heavy atom. The first-order valence-corrected chi connectivity index (χ1v) is 6.51. The zero-order valence-corrected chi connectivity index (χ0v) is 11.0. The molecule has 98 valence electrons. The molecule has 1 aliphatic rings. The maximum absolute atomic E-state index is 5.94. The van der Waals surface area contributed by atoms with Crippen LogP contribution in [0.4, 0.5) is 0 Å². The Bertz CT molecular complexity index is 389. The van der Waals surface area contributed by atoms with Crippen molar-refractivity contribution in [1.82, 2.24) is 4.90 Å². The van der Waals surface area contributed by atoms with Crippen LogP contribution in [0.2, 0.25) is 0 Å². The van der Waals surface area contributed by atoms with E-state index < -0.39 is 0 Å². The minimum Gasteiger partial charge on any atom is -0.380 e.